The van der Waals surface area contributed by atoms with Crippen LogP contribution < -0.4 is 0 Å². The summed E-state index contributed by atoms with van der Waals surface area (Å²) in [7, 11) is 0. The van der Waals surface area contributed by atoms with E-state index in [-0.39, 0.29) is 4.32 Å². The van der Waals surface area contributed by atoms with Crippen LogP contribution in [0, 0.1) is 0 Å². The monoisotopic (exact) mass is 389 g/mol. The van der Waals surface area contributed by atoms with Crippen molar-refractivity contribution in [3.63, 3.8) is 0 Å². The molecule has 1 heterocycles. The van der Waals surface area contributed by atoms with E-state index >= 15 is 0 Å². The Kier molecular flexibility index (Phi) is 6.08. The molecule has 1 amide bonds. The zero-order valence-electron chi connectivity index (χ0n) is 12.1. The van der Waals surface area contributed by atoms with E-state index in [1.54, 1.807) is 24.3 Å². The standard InChI is InChI=1S/C15H13Cl2NO3S2/c1-2-4-11(14(20)21)18-13(19)12(23-15(18)22)7-8-9(16)5-3-6-10(8)17/h3,5-7,11H,2,4H2,1H3,(H,20,21). The average molecular weight is 390 g/mol. The van der Waals surface area contributed by atoms with Crippen molar-refractivity contribution < 1.29 is 14.7 Å². The first-order valence-corrected chi connectivity index (χ1v) is 8.78. The van der Waals surface area contributed by atoms with E-state index in [4.69, 9.17) is 35.4 Å². The number of carbonyl (C=O) groups excluding carboxylic acids is 1. The predicted molar refractivity (Wildman–Crippen MR) is 97.8 cm³/mol. The van der Waals surface area contributed by atoms with Crippen LogP contribution in [-0.2, 0) is 9.59 Å². The summed E-state index contributed by atoms with van der Waals surface area (Å²) in [5, 5.41) is 10.2. The van der Waals surface area contributed by atoms with Crippen LogP contribution in [0.2, 0.25) is 10.0 Å². The SMILES string of the molecule is CCCC(C(=O)O)N1C(=O)C(=Cc2c(Cl)cccc2Cl)SC1=S. The molecule has 1 fully saturated rings. The number of aliphatic carboxylic acids is 1. The second-order valence-corrected chi connectivity index (χ2v) is 7.32. The topological polar surface area (TPSA) is 57.6 Å². The van der Waals surface area contributed by atoms with Crippen molar-refractivity contribution in [2.75, 3.05) is 0 Å². The van der Waals surface area contributed by atoms with Gasteiger partial charge in [0.15, 0.2) is 0 Å². The Balaban J connectivity index is 2.38. The first kappa shape index (κ1) is 18.3. The number of rotatable bonds is 5. The van der Waals surface area contributed by atoms with Gasteiger partial charge in [-0.05, 0) is 24.6 Å². The number of thioether (sulfide) groups is 1. The van der Waals surface area contributed by atoms with Crippen LogP contribution in [-0.4, -0.2) is 32.2 Å². The Morgan fingerprint density at radius 3 is 2.57 bits per heavy atom. The first-order chi connectivity index (χ1) is 10.9. The van der Waals surface area contributed by atoms with Gasteiger partial charge in [-0.1, -0.05) is 66.6 Å². The van der Waals surface area contributed by atoms with E-state index < -0.39 is 17.9 Å². The molecule has 1 saturated heterocycles. The van der Waals surface area contributed by atoms with E-state index in [2.05, 4.69) is 0 Å². The van der Waals surface area contributed by atoms with Crippen LogP contribution in [0.25, 0.3) is 6.08 Å². The molecule has 1 N–H and O–H groups in total. The Bertz CT molecular complexity index is 686. The van der Waals surface area contributed by atoms with Crippen molar-refractivity contribution in [1.82, 2.24) is 4.90 Å². The molecule has 0 spiro atoms. The largest absolute Gasteiger partial charge is 0.480 e. The summed E-state index contributed by atoms with van der Waals surface area (Å²) in [6, 6.07) is 4.07. The molecule has 23 heavy (non-hydrogen) atoms. The molecule has 1 unspecified atom stereocenters. The molecule has 1 aliphatic rings. The maximum Gasteiger partial charge on any atom is 0.326 e. The summed E-state index contributed by atoms with van der Waals surface area (Å²) in [4.78, 5) is 25.4. The molecule has 1 aromatic rings. The first-order valence-electron chi connectivity index (χ1n) is 6.80. The Hall–Kier alpha value is -1.08. The van der Waals surface area contributed by atoms with Crippen LogP contribution in [0.4, 0.5) is 0 Å². The van der Waals surface area contributed by atoms with Crippen molar-refractivity contribution in [2.45, 2.75) is 25.8 Å². The number of nitrogens with zero attached hydrogens (tertiary/aromatic N) is 1. The summed E-state index contributed by atoms with van der Waals surface area (Å²) in [5.74, 6) is -1.50. The number of halogens is 2. The van der Waals surface area contributed by atoms with Gasteiger partial charge in [-0.3, -0.25) is 9.69 Å². The van der Waals surface area contributed by atoms with Gasteiger partial charge in [-0.2, -0.15) is 0 Å². The van der Waals surface area contributed by atoms with Crippen LogP contribution in [0.1, 0.15) is 25.3 Å². The van der Waals surface area contributed by atoms with Crippen LogP contribution in [0.5, 0.6) is 0 Å². The average Bonchev–Trinajstić information content (AvgIpc) is 2.75. The van der Waals surface area contributed by atoms with Gasteiger partial charge in [0.1, 0.15) is 10.4 Å². The van der Waals surface area contributed by atoms with E-state index in [9.17, 15) is 14.7 Å². The number of hydrogen-bond acceptors (Lipinski definition) is 4. The minimum absolute atomic E-state index is 0.227. The molecular formula is C15H13Cl2NO3S2. The third kappa shape index (κ3) is 3.88. The minimum Gasteiger partial charge on any atom is -0.480 e. The van der Waals surface area contributed by atoms with Crippen LogP contribution >= 0.6 is 47.2 Å². The fourth-order valence-corrected chi connectivity index (χ4v) is 4.01. The van der Waals surface area contributed by atoms with Gasteiger partial charge in [0.25, 0.3) is 5.91 Å². The number of carboxylic acids is 1. The van der Waals surface area contributed by atoms with Gasteiger partial charge in [-0.25, -0.2) is 4.79 Å². The molecular weight excluding hydrogens is 377 g/mol. The summed E-state index contributed by atoms with van der Waals surface area (Å²) in [6.45, 7) is 1.85. The smallest absolute Gasteiger partial charge is 0.326 e. The third-order valence-corrected chi connectivity index (χ3v) is 5.25. The maximum absolute atomic E-state index is 12.6. The van der Waals surface area contributed by atoms with Crippen LogP contribution in [0.15, 0.2) is 23.1 Å². The lowest BCUT2D eigenvalue weighted by atomic mass is 10.1. The molecule has 122 valence electrons. The summed E-state index contributed by atoms with van der Waals surface area (Å²) < 4.78 is 0.227. The molecule has 1 aromatic carbocycles. The fourth-order valence-electron chi connectivity index (χ4n) is 2.16. The minimum atomic E-state index is -1.07. The van der Waals surface area contributed by atoms with E-state index in [0.717, 1.165) is 16.7 Å². The van der Waals surface area contributed by atoms with Gasteiger partial charge in [0, 0.05) is 15.6 Å². The molecule has 0 aromatic heterocycles. The van der Waals surface area contributed by atoms with Crippen molar-refractivity contribution >= 4 is 69.5 Å². The molecule has 0 aliphatic carbocycles. The molecule has 0 saturated carbocycles. The van der Waals surface area contributed by atoms with Crippen molar-refractivity contribution in [1.29, 1.82) is 0 Å². The van der Waals surface area contributed by atoms with Crippen molar-refractivity contribution in [3.05, 3.63) is 38.7 Å². The van der Waals surface area contributed by atoms with Crippen molar-refractivity contribution in [3.8, 4) is 0 Å². The Labute approximate surface area is 153 Å². The van der Waals surface area contributed by atoms with Gasteiger partial charge in [0.05, 0.1) is 4.91 Å². The number of hydrogen-bond donors (Lipinski definition) is 1. The lowest BCUT2D eigenvalue weighted by Crippen LogP contribution is -2.43. The summed E-state index contributed by atoms with van der Waals surface area (Å²) in [6.07, 6.45) is 2.51. The highest BCUT2D eigenvalue weighted by Gasteiger charge is 2.40. The molecule has 2 rings (SSSR count). The maximum atomic E-state index is 12.6. The van der Waals surface area contributed by atoms with Crippen molar-refractivity contribution in [2.24, 2.45) is 0 Å². The molecule has 0 bridgehead atoms. The molecule has 1 aliphatic heterocycles. The highest BCUT2D eigenvalue weighted by Crippen LogP contribution is 2.37. The van der Waals surface area contributed by atoms with Gasteiger partial charge >= 0.3 is 5.97 Å². The van der Waals surface area contributed by atoms with E-state index in [1.165, 1.54) is 0 Å². The van der Waals surface area contributed by atoms with Gasteiger partial charge in [-0.15, -0.1) is 0 Å². The Morgan fingerprint density at radius 1 is 1.43 bits per heavy atom. The highest BCUT2D eigenvalue weighted by molar-refractivity contribution is 8.26. The van der Waals surface area contributed by atoms with Gasteiger partial charge in [0.2, 0.25) is 0 Å². The lowest BCUT2D eigenvalue weighted by Gasteiger charge is -2.22. The zero-order chi connectivity index (χ0) is 17.1. The molecule has 1 atom stereocenters. The third-order valence-electron chi connectivity index (χ3n) is 3.26. The fraction of sp³-hybridized carbons (Fsp3) is 0.267. The quantitative estimate of drug-likeness (QED) is 0.595. The normalized spacial score (nSPS) is 17.9. The zero-order valence-corrected chi connectivity index (χ0v) is 15.2. The summed E-state index contributed by atoms with van der Waals surface area (Å²) in [5.41, 5.74) is 0.513. The summed E-state index contributed by atoms with van der Waals surface area (Å²) >= 11 is 18.4. The van der Waals surface area contributed by atoms with E-state index in [1.807, 2.05) is 6.92 Å². The highest BCUT2D eigenvalue weighted by atomic mass is 35.5. The second kappa shape index (κ2) is 7.66. The van der Waals surface area contributed by atoms with Crippen LogP contribution in [0.3, 0.4) is 0 Å². The number of thiocarbonyl (C=S) groups is 1. The lowest BCUT2D eigenvalue weighted by molar-refractivity contribution is -0.145. The second-order valence-electron chi connectivity index (χ2n) is 4.83. The molecule has 0 radical (unpaired) electrons. The molecule has 4 nitrogen and oxygen atoms in total. The molecule has 8 heteroatoms. The number of carboxylic acid groups (broad SMARTS) is 1. The number of amides is 1. The predicted octanol–water partition coefficient (Wildman–Crippen LogP) is 4.45. The number of benzene rings is 1. The van der Waals surface area contributed by atoms with E-state index in [0.29, 0.717) is 33.4 Å². The number of carbonyl (C=O) groups is 2. The van der Waals surface area contributed by atoms with Gasteiger partial charge < -0.3 is 5.11 Å². The Morgan fingerprint density at radius 2 is 2.04 bits per heavy atom.